The minimum absolute atomic E-state index is 0.244. The quantitative estimate of drug-likeness (QED) is 0.528. The molecule has 0 aromatic heterocycles. The van der Waals surface area contributed by atoms with Crippen molar-refractivity contribution in [2.24, 2.45) is 10.2 Å². The third-order valence-corrected chi connectivity index (χ3v) is 3.37. The van der Waals surface area contributed by atoms with Gasteiger partial charge in [-0.1, -0.05) is 30.3 Å². The third-order valence-electron chi connectivity index (χ3n) is 3.37. The lowest BCUT2D eigenvalue weighted by atomic mass is 10.1. The van der Waals surface area contributed by atoms with Crippen molar-refractivity contribution in [3.63, 3.8) is 0 Å². The van der Waals surface area contributed by atoms with Crippen molar-refractivity contribution in [1.82, 2.24) is 0 Å². The van der Waals surface area contributed by atoms with Gasteiger partial charge >= 0.3 is 0 Å². The van der Waals surface area contributed by atoms with Crippen LogP contribution in [-0.2, 0) is 0 Å². The molecule has 24 heavy (non-hydrogen) atoms. The molecular weight excluding hydrogens is 300 g/mol. The summed E-state index contributed by atoms with van der Waals surface area (Å²) in [7, 11) is 0. The summed E-state index contributed by atoms with van der Waals surface area (Å²) >= 11 is 0. The van der Waals surface area contributed by atoms with Crippen molar-refractivity contribution >= 4 is 28.7 Å². The van der Waals surface area contributed by atoms with Gasteiger partial charge in [-0.15, -0.1) is 0 Å². The van der Waals surface area contributed by atoms with Crippen LogP contribution in [0.2, 0.25) is 0 Å². The van der Waals surface area contributed by atoms with E-state index in [1.165, 1.54) is 0 Å². The van der Waals surface area contributed by atoms with Crippen LogP contribution in [0.4, 0.5) is 22.7 Å². The van der Waals surface area contributed by atoms with Crippen LogP contribution in [0, 0.1) is 0 Å². The molecule has 3 aromatic rings. The Kier molecular flexibility index (Phi) is 4.62. The van der Waals surface area contributed by atoms with E-state index >= 15 is 0 Å². The fourth-order valence-electron chi connectivity index (χ4n) is 2.12. The van der Waals surface area contributed by atoms with E-state index < -0.39 is 0 Å². The van der Waals surface area contributed by atoms with Gasteiger partial charge in [-0.25, -0.2) is 0 Å². The first-order chi connectivity index (χ1) is 11.7. The van der Waals surface area contributed by atoms with E-state index in [4.69, 9.17) is 5.73 Å². The Balaban J connectivity index is 1.68. The van der Waals surface area contributed by atoms with Crippen LogP contribution in [0.15, 0.2) is 89.1 Å². The number of anilines is 2. The lowest BCUT2D eigenvalue weighted by Crippen LogP contribution is -2.13. The Morgan fingerprint density at radius 2 is 1.33 bits per heavy atom. The van der Waals surface area contributed by atoms with Gasteiger partial charge in [0.1, 0.15) is 0 Å². The summed E-state index contributed by atoms with van der Waals surface area (Å²) < 4.78 is 0. The standard InChI is InChI=1S/C19H16N4O/c20-18-9-5-4-8-17(18)19(24)21-14-10-12-16(13-11-14)23-22-15-6-2-1-3-7-15/h1-13H,20H2,(H,21,24). The smallest absolute Gasteiger partial charge is 0.257 e. The Bertz CT molecular complexity index is 858. The minimum Gasteiger partial charge on any atom is -0.398 e. The van der Waals surface area contributed by atoms with Crippen molar-refractivity contribution in [2.45, 2.75) is 0 Å². The van der Waals surface area contributed by atoms with E-state index in [1.54, 1.807) is 48.5 Å². The lowest BCUT2D eigenvalue weighted by molar-refractivity contribution is 0.102. The third kappa shape index (κ3) is 3.84. The Morgan fingerprint density at radius 1 is 0.750 bits per heavy atom. The number of amides is 1. The highest BCUT2D eigenvalue weighted by Crippen LogP contribution is 2.21. The first-order valence-corrected chi connectivity index (χ1v) is 7.45. The number of hydrogen-bond donors (Lipinski definition) is 2. The molecule has 0 heterocycles. The molecule has 0 saturated heterocycles. The molecule has 3 rings (SSSR count). The average Bonchev–Trinajstić information content (AvgIpc) is 2.62. The zero-order chi connectivity index (χ0) is 16.8. The van der Waals surface area contributed by atoms with Gasteiger partial charge in [0.15, 0.2) is 0 Å². The van der Waals surface area contributed by atoms with Crippen LogP contribution in [0.5, 0.6) is 0 Å². The average molecular weight is 316 g/mol. The molecule has 0 aliphatic heterocycles. The van der Waals surface area contributed by atoms with Gasteiger partial charge in [0, 0.05) is 11.4 Å². The summed E-state index contributed by atoms with van der Waals surface area (Å²) in [5, 5.41) is 11.1. The zero-order valence-electron chi connectivity index (χ0n) is 12.9. The molecule has 0 aliphatic rings. The zero-order valence-corrected chi connectivity index (χ0v) is 12.9. The van der Waals surface area contributed by atoms with Crippen LogP contribution in [0.1, 0.15) is 10.4 Å². The molecule has 1 amide bonds. The molecule has 5 nitrogen and oxygen atoms in total. The van der Waals surface area contributed by atoms with Crippen molar-refractivity contribution in [3.8, 4) is 0 Å². The topological polar surface area (TPSA) is 79.8 Å². The highest BCUT2D eigenvalue weighted by atomic mass is 16.1. The first kappa shape index (κ1) is 15.4. The van der Waals surface area contributed by atoms with Crippen molar-refractivity contribution in [3.05, 3.63) is 84.4 Å². The number of carbonyl (C=O) groups excluding carboxylic acids is 1. The number of carbonyl (C=O) groups is 1. The Labute approximate surface area is 139 Å². The van der Waals surface area contributed by atoms with Crippen molar-refractivity contribution < 1.29 is 4.79 Å². The summed E-state index contributed by atoms with van der Waals surface area (Å²) in [5.74, 6) is -0.244. The predicted octanol–water partition coefficient (Wildman–Crippen LogP) is 4.94. The van der Waals surface area contributed by atoms with E-state index in [-0.39, 0.29) is 5.91 Å². The second-order valence-electron chi connectivity index (χ2n) is 5.12. The molecule has 3 aromatic carbocycles. The molecule has 118 valence electrons. The number of hydrogen-bond acceptors (Lipinski definition) is 4. The molecular formula is C19H16N4O. The highest BCUT2D eigenvalue weighted by molar-refractivity contribution is 6.07. The maximum atomic E-state index is 12.2. The largest absolute Gasteiger partial charge is 0.398 e. The van der Waals surface area contributed by atoms with E-state index in [2.05, 4.69) is 15.5 Å². The van der Waals surface area contributed by atoms with Gasteiger partial charge in [0.05, 0.1) is 16.9 Å². The molecule has 0 fully saturated rings. The number of nitrogens with zero attached hydrogens (tertiary/aromatic N) is 2. The molecule has 0 unspecified atom stereocenters. The van der Waals surface area contributed by atoms with Crippen LogP contribution < -0.4 is 11.1 Å². The van der Waals surface area contributed by atoms with Crippen LogP contribution in [0.25, 0.3) is 0 Å². The van der Waals surface area contributed by atoms with Crippen LogP contribution in [-0.4, -0.2) is 5.91 Å². The molecule has 5 heteroatoms. The maximum Gasteiger partial charge on any atom is 0.257 e. The van der Waals surface area contributed by atoms with Crippen LogP contribution in [0.3, 0.4) is 0 Å². The monoisotopic (exact) mass is 316 g/mol. The minimum atomic E-state index is -0.244. The Morgan fingerprint density at radius 3 is 2.00 bits per heavy atom. The number of rotatable bonds is 4. The van der Waals surface area contributed by atoms with Gasteiger partial charge in [0.25, 0.3) is 5.91 Å². The molecule has 0 radical (unpaired) electrons. The summed E-state index contributed by atoms with van der Waals surface area (Å²) in [5.41, 5.74) is 8.86. The van der Waals surface area contributed by atoms with Crippen LogP contribution >= 0.6 is 0 Å². The number of para-hydroxylation sites is 1. The SMILES string of the molecule is Nc1ccccc1C(=O)Nc1ccc(N=Nc2ccccc2)cc1. The van der Waals surface area contributed by atoms with E-state index in [0.29, 0.717) is 22.6 Å². The van der Waals surface area contributed by atoms with E-state index in [0.717, 1.165) is 5.69 Å². The maximum absolute atomic E-state index is 12.2. The van der Waals surface area contributed by atoms with Gasteiger partial charge in [-0.2, -0.15) is 10.2 Å². The fourth-order valence-corrected chi connectivity index (χ4v) is 2.12. The van der Waals surface area contributed by atoms with E-state index in [9.17, 15) is 4.79 Å². The van der Waals surface area contributed by atoms with Gasteiger partial charge in [-0.3, -0.25) is 4.79 Å². The molecule has 0 spiro atoms. The van der Waals surface area contributed by atoms with Crippen molar-refractivity contribution in [2.75, 3.05) is 11.1 Å². The highest BCUT2D eigenvalue weighted by Gasteiger charge is 2.08. The summed E-state index contributed by atoms with van der Waals surface area (Å²) in [4.78, 5) is 12.2. The second kappa shape index (κ2) is 7.19. The molecule has 0 aliphatic carbocycles. The molecule has 0 saturated carbocycles. The molecule has 0 bridgehead atoms. The fraction of sp³-hybridized carbons (Fsp3) is 0. The summed E-state index contributed by atoms with van der Waals surface area (Å²) in [6.07, 6.45) is 0. The number of nitrogen functional groups attached to an aromatic ring is 1. The summed E-state index contributed by atoms with van der Waals surface area (Å²) in [6.45, 7) is 0. The normalized spacial score (nSPS) is 10.7. The Hall–Kier alpha value is -3.47. The van der Waals surface area contributed by atoms with Crippen molar-refractivity contribution in [1.29, 1.82) is 0 Å². The first-order valence-electron chi connectivity index (χ1n) is 7.45. The number of azo groups is 1. The summed E-state index contributed by atoms with van der Waals surface area (Å²) in [6, 6.07) is 23.6. The lowest BCUT2D eigenvalue weighted by Gasteiger charge is -2.07. The predicted molar refractivity (Wildman–Crippen MR) is 95.9 cm³/mol. The number of benzene rings is 3. The number of nitrogens with one attached hydrogen (secondary N) is 1. The number of nitrogens with two attached hydrogens (primary N) is 1. The van der Waals surface area contributed by atoms with E-state index in [1.807, 2.05) is 30.3 Å². The second-order valence-corrected chi connectivity index (χ2v) is 5.12. The van der Waals surface area contributed by atoms with Gasteiger partial charge in [-0.05, 0) is 48.5 Å². The molecule has 3 N–H and O–H groups in total. The van der Waals surface area contributed by atoms with Gasteiger partial charge in [0.2, 0.25) is 0 Å². The van der Waals surface area contributed by atoms with Gasteiger partial charge < -0.3 is 11.1 Å². The molecule has 0 atom stereocenters.